The number of para-hydroxylation sites is 2. The minimum absolute atomic E-state index is 0.0519. The number of hydrogen-bond acceptors (Lipinski definition) is 3. The van der Waals surface area contributed by atoms with E-state index in [1.165, 1.54) is 0 Å². The quantitative estimate of drug-likeness (QED) is 0.717. The predicted molar refractivity (Wildman–Crippen MR) is 106 cm³/mol. The summed E-state index contributed by atoms with van der Waals surface area (Å²) in [5, 5.41) is 3.25. The van der Waals surface area contributed by atoms with Gasteiger partial charge in [0.15, 0.2) is 13.1 Å². The lowest BCUT2D eigenvalue weighted by atomic mass is 10.2. The molecule has 6 nitrogen and oxygen atoms in total. The van der Waals surface area contributed by atoms with Crippen molar-refractivity contribution in [1.82, 2.24) is 4.90 Å². The number of anilines is 1. The van der Waals surface area contributed by atoms with Crippen molar-refractivity contribution in [2.75, 3.05) is 39.6 Å². The van der Waals surface area contributed by atoms with Crippen LogP contribution in [0.3, 0.4) is 0 Å². The van der Waals surface area contributed by atoms with E-state index in [9.17, 15) is 9.59 Å². The molecule has 0 spiro atoms. The van der Waals surface area contributed by atoms with Gasteiger partial charge in [-0.25, -0.2) is 0 Å². The zero-order valence-corrected chi connectivity index (χ0v) is 16.5. The number of nitrogens with one attached hydrogen (secondary N) is 2. The number of benzene rings is 2. The van der Waals surface area contributed by atoms with Crippen molar-refractivity contribution in [1.29, 1.82) is 0 Å². The van der Waals surface area contributed by atoms with E-state index in [-0.39, 0.29) is 24.9 Å². The molecule has 0 radical (unpaired) electrons. The Labute approximate surface area is 164 Å². The molecular weight excluding hydrogens is 366 g/mol. The van der Waals surface area contributed by atoms with Gasteiger partial charge >= 0.3 is 0 Å². The second-order valence-corrected chi connectivity index (χ2v) is 6.81. The van der Waals surface area contributed by atoms with Gasteiger partial charge in [-0.2, -0.15) is 0 Å². The number of carbonyl (C=O) groups is 2. The number of ether oxygens (including phenoxy) is 1. The molecular formula is C20H25ClN3O3+. The number of quaternary nitrogens is 1. The standard InChI is InChI=1S/C20H24ClN3O3/c1-23(13-19(25)22-17-10-6-5-9-16(17)21)14-20(26)24(2)12-15-8-4-7-11-18(15)27-3/h4-11H,12-14H2,1-3H3,(H,22,25)/p+1. The van der Waals surface area contributed by atoms with Crippen molar-refractivity contribution < 1.29 is 19.2 Å². The van der Waals surface area contributed by atoms with Crippen LogP contribution >= 0.6 is 11.6 Å². The smallest absolute Gasteiger partial charge is 0.279 e. The maximum atomic E-state index is 12.5. The van der Waals surface area contributed by atoms with E-state index >= 15 is 0 Å². The third-order valence-electron chi connectivity index (χ3n) is 4.09. The first-order valence-corrected chi connectivity index (χ1v) is 9.00. The Bertz CT molecular complexity index is 798. The molecule has 0 bridgehead atoms. The molecule has 0 heterocycles. The van der Waals surface area contributed by atoms with Crippen molar-refractivity contribution in [3.63, 3.8) is 0 Å². The lowest BCUT2D eigenvalue weighted by Gasteiger charge is -2.21. The van der Waals surface area contributed by atoms with Gasteiger partial charge in [0.05, 0.1) is 24.9 Å². The molecule has 7 heteroatoms. The number of nitrogens with zero attached hydrogens (tertiary/aromatic N) is 1. The van der Waals surface area contributed by atoms with Crippen LogP contribution in [0.25, 0.3) is 0 Å². The normalized spacial score (nSPS) is 11.6. The molecule has 0 aromatic heterocycles. The predicted octanol–water partition coefficient (Wildman–Crippen LogP) is 1.46. The molecule has 0 aliphatic carbocycles. The molecule has 144 valence electrons. The summed E-state index contributed by atoms with van der Waals surface area (Å²) in [5.74, 6) is 0.502. The van der Waals surface area contributed by atoms with Crippen LogP contribution < -0.4 is 15.0 Å². The van der Waals surface area contributed by atoms with E-state index in [0.717, 1.165) is 16.2 Å². The fourth-order valence-corrected chi connectivity index (χ4v) is 2.85. The summed E-state index contributed by atoms with van der Waals surface area (Å²) in [6.45, 7) is 0.822. The van der Waals surface area contributed by atoms with Crippen molar-refractivity contribution >= 4 is 29.1 Å². The van der Waals surface area contributed by atoms with Gasteiger partial charge in [0.25, 0.3) is 11.8 Å². The first-order valence-electron chi connectivity index (χ1n) is 8.62. The van der Waals surface area contributed by atoms with E-state index in [1.54, 1.807) is 50.4 Å². The molecule has 2 amide bonds. The maximum absolute atomic E-state index is 12.5. The minimum Gasteiger partial charge on any atom is -0.496 e. The fourth-order valence-electron chi connectivity index (χ4n) is 2.66. The highest BCUT2D eigenvalue weighted by Gasteiger charge is 2.18. The highest BCUT2D eigenvalue weighted by molar-refractivity contribution is 6.33. The Balaban J connectivity index is 1.85. The van der Waals surface area contributed by atoms with E-state index in [1.807, 2.05) is 24.3 Å². The topological polar surface area (TPSA) is 63.1 Å². The molecule has 27 heavy (non-hydrogen) atoms. The van der Waals surface area contributed by atoms with Crippen LogP contribution in [0.2, 0.25) is 5.02 Å². The van der Waals surface area contributed by atoms with Crippen LogP contribution in [0.4, 0.5) is 5.69 Å². The van der Waals surface area contributed by atoms with Gasteiger partial charge in [-0.1, -0.05) is 41.9 Å². The second-order valence-electron chi connectivity index (χ2n) is 6.40. The fraction of sp³-hybridized carbons (Fsp3) is 0.300. The molecule has 0 saturated heterocycles. The van der Waals surface area contributed by atoms with Crippen LogP contribution in [0.15, 0.2) is 48.5 Å². The summed E-state index contributed by atoms with van der Waals surface area (Å²) in [5.41, 5.74) is 1.50. The van der Waals surface area contributed by atoms with Crippen molar-refractivity contribution in [2.45, 2.75) is 6.54 Å². The molecule has 2 aromatic carbocycles. The number of amides is 2. The van der Waals surface area contributed by atoms with Gasteiger partial charge in [0, 0.05) is 19.2 Å². The number of rotatable bonds is 8. The van der Waals surface area contributed by atoms with Crippen molar-refractivity contribution in [3.8, 4) is 5.75 Å². The molecule has 2 N–H and O–H groups in total. The van der Waals surface area contributed by atoms with E-state index in [4.69, 9.17) is 16.3 Å². The number of methoxy groups -OCH3 is 1. The number of likely N-dealkylation sites (N-methyl/N-ethyl adjacent to an activating group) is 2. The highest BCUT2D eigenvalue weighted by Crippen LogP contribution is 2.20. The number of halogens is 1. The first kappa shape index (κ1) is 20.7. The summed E-state index contributed by atoms with van der Waals surface area (Å²) in [7, 11) is 5.16. The molecule has 1 unspecified atom stereocenters. The van der Waals surface area contributed by atoms with Crippen LogP contribution in [0.5, 0.6) is 5.75 Å². The summed E-state index contributed by atoms with van der Waals surface area (Å²) in [6.07, 6.45) is 0. The molecule has 2 rings (SSSR count). The Hall–Kier alpha value is -2.57. The van der Waals surface area contributed by atoms with Crippen LogP contribution in [0, 0.1) is 0 Å². The third-order valence-corrected chi connectivity index (χ3v) is 4.42. The van der Waals surface area contributed by atoms with Crippen LogP contribution in [0.1, 0.15) is 5.56 Å². The third kappa shape index (κ3) is 6.27. The van der Waals surface area contributed by atoms with E-state index in [0.29, 0.717) is 17.3 Å². The molecule has 1 atom stereocenters. The van der Waals surface area contributed by atoms with Gasteiger partial charge in [0.2, 0.25) is 0 Å². The van der Waals surface area contributed by atoms with Crippen LogP contribution in [-0.2, 0) is 16.1 Å². The number of carbonyl (C=O) groups excluding carboxylic acids is 2. The maximum Gasteiger partial charge on any atom is 0.279 e. The van der Waals surface area contributed by atoms with Gasteiger partial charge in [-0.15, -0.1) is 0 Å². The monoisotopic (exact) mass is 390 g/mol. The number of hydrogen-bond donors (Lipinski definition) is 2. The summed E-state index contributed by atoms with van der Waals surface area (Å²) in [4.78, 5) is 27.1. The average Bonchev–Trinajstić information content (AvgIpc) is 2.63. The summed E-state index contributed by atoms with van der Waals surface area (Å²) >= 11 is 6.04. The van der Waals surface area contributed by atoms with Gasteiger partial charge in [-0.3, -0.25) is 9.59 Å². The van der Waals surface area contributed by atoms with Gasteiger partial charge in [0.1, 0.15) is 5.75 Å². The Kier molecular flexibility index (Phi) is 7.64. The average molecular weight is 391 g/mol. The van der Waals surface area contributed by atoms with E-state index < -0.39 is 0 Å². The first-order chi connectivity index (χ1) is 12.9. The largest absolute Gasteiger partial charge is 0.496 e. The van der Waals surface area contributed by atoms with Gasteiger partial charge < -0.3 is 19.9 Å². The minimum atomic E-state index is -0.194. The Morgan fingerprint density at radius 1 is 1.11 bits per heavy atom. The van der Waals surface area contributed by atoms with Crippen molar-refractivity contribution in [3.05, 3.63) is 59.1 Å². The summed E-state index contributed by atoms with van der Waals surface area (Å²) < 4.78 is 5.32. The molecule has 2 aromatic rings. The molecule has 0 fully saturated rings. The van der Waals surface area contributed by atoms with E-state index in [2.05, 4.69) is 5.32 Å². The molecule has 0 aliphatic heterocycles. The SMILES string of the molecule is COc1ccccc1CN(C)C(=O)C[NH+](C)CC(=O)Nc1ccccc1Cl. The summed E-state index contributed by atoms with van der Waals surface area (Å²) in [6, 6.07) is 14.6. The lowest BCUT2D eigenvalue weighted by molar-refractivity contribution is -0.862. The molecule has 0 saturated carbocycles. The van der Waals surface area contributed by atoms with Gasteiger partial charge in [-0.05, 0) is 18.2 Å². The Morgan fingerprint density at radius 3 is 2.48 bits per heavy atom. The second kappa shape index (κ2) is 9.94. The zero-order chi connectivity index (χ0) is 19.8. The highest BCUT2D eigenvalue weighted by atomic mass is 35.5. The molecule has 0 aliphatic rings. The van der Waals surface area contributed by atoms with Crippen molar-refractivity contribution in [2.24, 2.45) is 0 Å². The zero-order valence-electron chi connectivity index (χ0n) is 15.8. The Morgan fingerprint density at radius 2 is 1.78 bits per heavy atom. The van der Waals surface area contributed by atoms with Crippen LogP contribution in [-0.4, -0.2) is 51.0 Å². The lowest BCUT2D eigenvalue weighted by Crippen LogP contribution is -3.11.